The van der Waals surface area contributed by atoms with Gasteiger partial charge in [0.15, 0.2) is 6.61 Å². The second-order valence-electron chi connectivity index (χ2n) is 10.2. The number of amides is 1. The number of piperazine rings is 1. The van der Waals surface area contributed by atoms with Crippen molar-refractivity contribution >= 4 is 21.6 Å². The fourth-order valence-electron chi connectivity index (χ4n) is 4.85. The number of benzene rings is 2. The van der Waals surface area contributed by atoms with E-state index < -0.39 is 22.0 Å². The summed E-state index contributed by atoms with van der Waals surface area (Å²) in [5, 5.41) is 13.2. The Bertz CT molecular complexity index is 1210. The maximum absolute atomic E-state index is 13.3. The Kier molecular flexibility index (Phi) is 9.27. The van der Waals surface area contributed by atoms with Crippen molar-refractivity contribution in [1.82, 2.24) is 19.4 Å². The summed E-state index contributed by atoms with van der Waals surface area (Å²) in [5.74, 6) is -0.288. The first-order chi connectivity index (χ1) is 18.1. The summed E-state index contributed by atoms with van der Waals surface area (Å²) in [6, 6.07) is 13.4. The van der Waals surface area contributed by atoms with Gasteiger partial charge in [0.25, 0.3) is 5.91 Å². The molecular weight excluding hydrogens is 506 g/mol. The number of aliphatic hydroxyl groups is 1. The number of fused-ring (bicyclic) bond motifs is 1. The van der Waals surface area contributed by atoms with Crippen molar-refractivity contribution in [3.8, 4) is 5.75 Å². The number of hydrogen-bond acceptors (Lipinski definition) is 8. The number of rotatable bonds is 10. The van der Waals surface area contributed by atoms with Crippen LogP contribution in [0.25, 0.3) is 0 Å². The zero-order chi connectivity index (χ0) is 27.3. The molecule has 2 N–H and O–H groups in total. The number of hydrogen-bond donors (Lipinski definition) is 2. The Morgan fingerprint density at radius 1 is 1.05 bits per heavy atom. The molecule has 0 bridgehead atoms. The monoisotopic (exact) mass is 545 g/mol. The van der Waals surface area contributed by atoms with Crippen LogP contribution in [0.1, 0.15) is 11.1 Å². The predicted octanol–water partition coefficient (Wildman–Crippen LogP) is 0.603. The molecule has 1 amide bonds. The SMILES string of the molecule is CN1CCN(c2cccc(OCC(=O)NC[C@@H](O)CN3CCc4ccccc4C3)c2S(=O)(=O)N(C)C)CC1. The number of likely N-dealkylation sites (N-methyl/N-ethyl adjacent to an activating group) is 1. The van der Waals surface area contributed by atoms with Crippen molar-refractivity contribution in [1.29, 1.82) is 0 Å². The molecule has 1 atom stereocenters. The van der Waals surface area contributed by atoms with Gasteiger partial charge in [-0.3, -0.25) is 9.69 Å². The highest BCUT2D eigenvalue weighted by Crippen LogP contribution is 2.36. The first-order valence-corrected chi connectivity index (χ1v) is 14.4. The highest BCUT2D eigenvalue weighted by molar-refractivity contribution is 7.89. The molecule has 2 aromatic carbocycles. The average molecular weight is 546 g/mol. The van der Waals surface area contributed by atoms with Gasteiger partial charge in [0.05, 0.1) is 11.8 Å². The average Bonchev–Trinajstić information content (AvgIpc) is 2.90. The molecule has 1 saturated heterocycles. The molecule has 2 heterocycles. The molecule has 38 heavy (non-hydrogen) atoms. The summed E-state index contributed by atoms with van der Waals surface area (Å²) in [6.45, 7) is 4.84. The number of nitrogens with one attached hydrogen (secondary N) is 1. The van der Waals surface area contributed by atoms with E-state index in [9.17, 15) is 18.3 Å². The van der Waals surface area contributed by atoms with E-state index in [0.29, 0.717) is 25.3 Å². The van der Waals surface area contributed by atoms with Gasteiger partial charge in [0, 0.05) is 66.5 Å². The normalized spacial score (nSPS) is 17.8. The number of nitrogens with zero attached hydrogens (tertiary/aromatic N) is 4. The van der Waals surface area contributed by atoms with E-state index in [4.69, 9.17) is 4.74 Å². The first-order valence-electron chi connectivity index (χ1n) is 13.0. The number of anilines is 1. The molecule has 10 nitrogen and oxygen atoms in total. The van der Waals surface area contributed by atoms with Crippen LogP contribution in [-0.2, 0) is 27.8 Å². The fourth-order valence-corrected chi connectivity index (χ4v) is 6.06. The van der Waals surface area contributed by atoms with Gasteiger partial charge in [0.1, 0.15) is 10.6 Å². The fraction of sp³-hybridized carbons (Fsp3) is 0.519. The van der Waals surface area contributed by atoms with Crippen molar-refractivity contribution in [3.05, 3.63) is 53.6 Å². The zero-order valence-corrected chi connectivity index (χ0v) is 23.3. The highest BCUT2D eigenvalue weighted by Gasteiger charge is 2.30. The molecule has 4 rings (SSSR count). The molecule has 2 aromatic rings. The maximum atomic E-state index is 13.3. The predicted molar refractivity (Wildman–Crippen MR) is 147 cm³/mol. The molecule has 2 aliphatic heterocycles. The topological polar surface area (TPSA) is 106 Å². The Balaban J connectivity index is 1.35. The molecule has 2 aliphatic rings. The van der Waals surface area contributed by atoms with Crippen molar-refractivity contribution in [3.63, 3.8) is 0 Å². The number of β-amino-alcohol motifs (C(OH)–C–C–N with tert-alkyl or cyclic N) is 1. The van der Waals surface area contributed by atoms with Gasteiger partial charge in [0.2, 0.25) is 10.0 Å². The maximum Gasteiger partial charge on any atom is 0.258 e. The minimum Gasteiger partial charge on any atom is -0.482 e. The van der Waals surface area contributed by atoms with Gasteiger partial charge in [-0.15, -0.1) is 0 Å². The minimum absolute atomic E-state index is 0.0627. The molecule has 0 unspecified atom stereocenters. The van der Waals surface area contributed by atoms with Gasteiger partial charge >= 0.3 is 0 Å². The third-order valence-corrected chi connectivity index (χ3v) is 9.00. The summed E-state index contributed by atoms with van der Waals surface area (Å²) >= 11 is 0. The van der Waals surface area contributed by atoms with Gasteiger partial charge in [-0.1, -0.05) is 30.3 Å². The summed E-state index contributed by atoms with van der Waals surface area (Å²) in [6.07, 6.45) is 0.212. The number of sulfonamides is 1. The third kappa shape index (κ3) is 6.83. The minimum atomic E-state index is -3.84. The first kappa shape index (κ1) is 28.3. The summed E-state index contributed by atoms with van der Waals surface area (Å²) in [5.41, 5.74) is 3.19. The lowest BCUT2D eigenvalue weighted by molar-refractivity contribution is -0.123. The number of carbonyl (C=O) groups excluding carboxylic acids is 1. The number of aliphatic hydroxyl groups excluding tert-OH is 1. The highest BCUT2D eigenvalue weighted by atomic mass is 32.2. The Labute approximate surface area is 225 Å². The standard InChI is InChI=1S/C27H39N5O5S/c1-29(2)38(35,36)27-24(32-15-13-30(3)14-16-32)9-6-10-25(27)37-20-26(34)28-17-23(33)19-31-12-11-21-7-4-5-8-22(21)18-31/h4-10,23,33H,11-20H2,1-3H3,(H,28,34)/t23-/m1/s1. The van der Waals surface area contributed by atoms with Crippen LogP contribution in [0.4, 0.5) is 5.69 Å². The number of carbonyl (C=O) groups is 1. The molecule has 0 saturated carbocycles. The molecule has 0 aromatic heterocycles. The van der Waals surface area contributed by atoms with Gasteiger partial charge < -0.3 is 25.0 Å². The van der Waals surface area contributed by atoms with Gasteiger partial charge in [-0.2, -0.15) is 0 Å². The smallest absolute Gasteiger partial charge is 0.258 e. The second kappa shape index (κ2) is 12.4. The van der Waals surface area contributed by atoms with Gasteiger partial charge in [-0.05, 0) is 36.7 Å². The molecular formula is C27H39N5O5S. The third-order valence-electron chi connectivity index (χ3n) is 7.11. The lowest BCUT2D eigenvalue weighted by Gasteiger charge is -2.35. The molecule has 1 fully saturated rings. The van der Waals surface area contributed by atoms with Crippen LogP contribution in [-0.4, -0.2) is 113 Å². The van der Waals surface area contributed by atoms with Crippen molar-refractivity contribution in [2.45, 2.75) is 24.0 Å². The Morgan fingerprint density at radius 2 is 1.76 bits per heavy atom. The Morgan fingerprint density at radius 3 is 2.47 bits per heavy atom. The van der Waals surface area contributed by atoms with E-state index in [1.165, 1.54) is 25.2 Å². The van der Waals surface area contributed by atoms with Crippen LogP contribution < -0.4 is 15.0 Å². The molecule has 0 radical (unpaired) electrons. The van der Waals surface area contributed by atoms with E-state index in [0.717, 1.165) is 36.9 Å². The van der Waals surface area contributed by atoms with E-state index in [2.05, 4.69) is 27.2 Å². The largest absolute Gasteiger partial charge is 0.482 e. The zero-order valence-electron chi connectivity index (χ0n) is 22.5. The van der Waals surface area contributed by atoms with E-state index in [-0.39, 0.29) is 23.8 Å². The number of ether oxygens (including phenoxy) is 1. The van der Waals surface area contributed by atoms with Crippen LogP contribution >= 0.6 is 0 Å². The van der Waals surface area contributed by atoms with Crippen molar-refractivity contribution in [2.75, 3.05) is 78.5 Å². The molecule has 208 valence electrons. The van der Waals surface area contributed by atoms with Gasteiger partial charge in [-0.25, -0.2) is 12.7 Å². The molecule has 0 aliphatic carbocycles. The lowest BCUT2D eigenvalue weighted by atomic mass is 10.00. The summed E-state index contributed by atoms with van der Waals surface area (Å²) in [7, 11) is 1.16. The summed E-state index contributed by atoms with van der Waals surface area (Å²) in [4.78, 5) is 19.0. The van der Waals surface area contributed by atoms with Crippen LogP contribution in [0.2, 0.25) is 0 Å². The van der Waals surface area contributed by atoms with E-state index in [1.807, 2.05) is 24.1 Å². The van der Waals surface area contributed by atoms with Crippen LogP contribution in [0.5, 0.6) is 5.75 Å². The second-order valence-corrected chi connectivity index (χ2v) is 12.3. The quantitative estimate of drug-likeness (QED) is 0.447. The molecule has 11 heteroatoms. The van der Waals surface area contributed by atoms with Crippen molar-refractivity contribution in [2.24, 2.45) is 0 Å². The van der Waals surface area contributed by atoms with Crippen molar-refractivity contribution < 1.29 is 23.1 Å². The van der Waals surface area contributed by atoms with E-state index >= 15 is 0 Å². The van der Waals surface area contributed by atoms with Crippen LogP contribution in [0, 0.1) is 0 Å². The lowest BCUT2D eigenvalue weighted by Crippen LogP contribution is -2.45. The van der Waals surface area contributed by atoms with E-state index in [1.54, 1.807) is 18.2 Å². The molecule has 0 spiro atoms. The van der Waals surface area contributed by atoms with Crippen LogP contribution in [0.3, 0.4) is 0 Å². The Hall–Kier alpha value is -2.70. The van der Waals surface area contributed by atoms with Crippen LogP contribution in [0.15, 0.2) is 47.4 Å². The summed E-state index contributed by atoms with van der Waals surface area (Å²) < 4.78 is 33.5.